The third-order valence-corrected chi connectivity index (χ3v) is 6.92. The van der Waals surface area contributed by atoms with E-state index in [1.54, 1.807) is 18.5 Å². The molecule has 0 bridgehead atoms. The summed E-state index contributed by atoms with van der Waals surface area (Å²) in [5, 5.41) is 9.86. The number of hydrogen-bond donors (Lipinski definition) is 1. The Labute approximate surface area is 201 Å². The summed E-state index contributed by atoms with van der Waals surface area (Å²) in [5.74, 6) is 3.06. The van der Waals surface area contributed by atoms with Crippen molar-refractivity contribution in [2.24, 2.45) is 5.92 Å². The maximum atomic E-state index is 6.23. The van der Waals surface area contributed by atoms with Gasteiger partial charge in [-0.05, 0) is 60.6 Å². The Kier molecular flexibility index (Phi) is 4.73. The van der Waals surface area contributed by atoms with Crippen molar-refractivity contribution < 1.29 is 9.15 Å². The highest BCUT2D eigenvalue weighted by Gasteiger charge is 2.23. The normalized spacial score (nSPS) is 16.2. The van der Waals surface area contributed by atoms with Crippen LogP contribution in [0.25, 0.3) is 28.3 Å². The number of rotatable bonds is 7. The van der Waals surface area contributed by atoms with Crippen molar-refractivity contribution in [3.05, 3.63) is 53.9 Å². The lowest BCUT2D eigenvalue weighted by molar-refractivity contribution is 0.240. The van der Waals surface area contributed by atoms with Crippen molar-refractivity contribution in [3.8, 4) is 17.3 Å². The van der Waals surface area contributed by atoms with Gasteiger partial charge in [-0.3, -0.25) is 4.90 Å². The molecule has 0 radical (unpaired) electrons. The molecule has 2 N–H and O–H groups in total. The lowest BCUT2D eigenvalue weighted by Crippen LogP contribution is -2.33. The summed E-state index contributed by atoms with van der Waals surface area (Å²) in [6.07, 6.45) is 7.02. The summed E-state index contributed by atoms with van der Waals surface area (Å²) in [6.45, 7) is 4.34. The molecular weight excluding hydrogens is 444 g/mol. The van der Waals surface area contributed by atoms with Gasteiger partial charge in [0, 0.05) is 19.6 Å². The van der Waals surface area contributed by atoms with Crippen LogP contribution in [-0.4, -0.2) is 54.0 Å². The first kappa shape index (κ1) is 20.5. The van der Waals surface area contributed by atoms with Gasteiger partial charge in [-0.2, -0.15) is 14.6 Å². The fourth-order valence-electron chi connectivity index (χ4n) is 4.74. The first-order valence-electron chi connectivity index (χ1n) is 12.1. The molecule has 0 saturated heterocycles. The van der Waals surface area contributed by atoms with Crippen molar-refractivity contribution in [1.82, 2.24) is 34.3 Å². The van der Waals surface area contributed by atoms with E-state index in [9.17, 15) is 0 Å². The smallest absolute Gasteiger partial charge is 0.225 e. The first-order chi connectivity index (χ1) is 17.2. The summed E-state index contributed by atoms with van der Waals surface area (Å²) in [4.78, 5) is 11.7. The summed E-state index contributed by atoms with van der Waals surface area (Å²) >= 11 is 0. The van der Waals surface area contributed by atoms with Gasteiger partial charge in [0.25, 0.3) is 0 Å². The third kappa shape index (κ3) is 3.79. The van der Waals surface area contributed by atoms with Crippen LogP contribution in [0.1, 0.15) is 24.0 Å². The van der Waals surface area contributed by atoms with E-state index in [-0.39, 0.29) is 5.95 Å². The molecule has 5 heterocycles. The van der Waals surface area contributed by atoms with Gasteiger partial charge in [-0.1, -0.05) is 6.07 Å². The van der Waals surface area contributed by atoms with Gasteiger partial charge >= 0.3 is 0 Å². The molecule has 1 fully saturated rings. The topological polar surface area (TPSA) is 113 Å². The monoisotopic (exact) mass is 470 g/mol. The van der Waals surface area contributed by atoms with Gasteiger partial charge in [0.1, 0.15) is 5.75 Å². The standard InChI is InChI=1S/C25H26N8O2/c26-25-29-23-20(24-28-22(30-33(24)25)21-2-1-11-34-21)13-27-32(23)10-9-31-8-7-17-5-6-19(12-18(17)14-31)35-15-16-3-4-16/h1-2,5-6,11-13,16H,3-4,7-10,14-15H2,(H2,26,29). The molecule has 5 aromatic rings. The quantitative estimate of drug-likeness (QED) is 0.386. The van der Waals surface area contributed by atoms with Crippen LogP contribution >= 0.6 is 0 Å². The van der Waals surface area contributed by atoms with Crippen LogP contribution in [-0.2, 0) is 19.5 Å². The largest absolute Gasteiger partial charge is 0.493 e. The summed E-state index contributed by atoms with van der Waals surface area (Å²) in [7, 11) is 0. The average molecular weight is 471 g/mol. The summed E-state index contributed by atoms with van der Waals surface area (Å²) in [5.41, 5.74) is 10.3. The zero-order valence-electron chi connectivity index (χ0n) is 19.3. The van der Waals surface area contributed by atoms with Crippen LogP contribution in [0, 0.1) is 5.92 Å². The number of anilines is 1. The molecule has 4 aromatic heterocycles. The lowest BCUT2D eigenvalue weighted by atomic mass is 9.99. The van der Waals surface area contributed by atoms with Crippen molar-refractivity contribution in [2.45, 2.75) is 32.4 Å². The molecule has 0 spiro atoms. The first-order valence-corrected chi connectivity index (χ1v) is 12.1. The van der Waals surface area contributed by atoms with Crippen LogP contribution in [0.3, 0.4) is 0 Å². The summed E-state index contributed by atoms with van der Waals surface area (Å²) < 4.78 is 14.9. The van der Waals surface area contributed by atoms with Crippen LogP contribution in [0.5, 0.6) is 5.75 Å². The SMILES string of the molecule is Nc1nc2c(cnn2CCN2CCc3ccc(OCC4CC4)cc3C2)c2nc(-c3ccco3)nn12. The predicted molar refractivity (Wildman–Crippen MR) is 130 cm³/mol. The van der Waals surface area contributed by atoms with Crippen molar-refractivity contribution >= 4 is 22.6 Å². The molecule has 1 aliphatic heterocycles. The fourth-order valence-corrected chi connectivity index (χ4v) is 4.74. The Morgan fingerprint density at radius 3 is 2.89 bits per heavy atom. The number of furan rings is 1. The molecule has 178 valence electrons. The van der Waals surface area contributed by atoms with E-state index < -0.39 is 0 Å². The van der Waals surface area contributed by atoms with Gasteiger partial charge in [0.05, 0.1) is 31.0 Å². The highest BCUT2D eigenvalue weighted by molar-refractivity contribution is 5.90. The number of nitrogen functional groups attached to an aromatic ring is 1. The number of benzene rings is 1. The van der Waals surface area contributed by atoms with Crippen molar-refractivity contribution in [3.63, 3.8) is 0 Å². The fraction of sp³-hybridized carbons (Fsp3) is 0.360. The second-order valence-corrected chi connectivity index (χ2v) is 9.43. The van der Waals surface area contributed by atoms with Crippen LogP contribution in [0.2, 0.25) is 0 Å². The molecule has 7 rings (SSSR count). The van der Waals surface area contributed by atoms with E-state index in [1.807, 2.05) is 10.7 Å². The number of nitrogens with zero attached hydrogens (tertiary/aromatic N) is 7. The second kappa shape index (κ2) is 8.09. The molecule has 1 saturated carbocycles. The van der Waals surface area contributed by atoms with Crippen LogP contribution < -0.4 is 10.5 Å². The van der Waals surface area contributed by atoms with E-state index >= 15 is 0 Å². The molecule has 1 aliphatic carbocycles. The average Bonchev–Trinajstić information content (AvgIpc) is 3.24. The van der Waals surface area contributed by atoms with E-state index in [1.165, 1.54) is 28.5 Å². The Hall–Kier alpha value is -3.92. The summed E-state index contributed by atoms with van der Waals surface area (Å²) in [6, 6.07) is 10.2. The van der Waals surface area contributed by atoms with Crippen molar-refractivity contribution in [1.29, 1.82) is 0 Å². The lowest BCUT2D eigenvalue weighted by Gasteiger charge is -2.29. The van der Waals surface area contributed by atoms with Gasteiger partial charge in [0.2, 0.25) is 11.8 Å². The molecule has 35 heavy (non-hydrogen) atoms. The molecule has 0 atom stereocenters. The van der Waals surface area contributed by atoms with Gasteiger partial charge in [-0.15, -0.1) is 5.10 Å². The molecule has 10 nitrogen and oxygen atoms in total. The Morgan fingerprint density at radius 1 is 1.09 bits per heavy atom. The van der Waals surface area contributed by atoms with Crippen LogP contribution in [0.15, 0.2) is 47.2 Å². The van der Waals surface area contributed by atoms with Gasteiger partial charge in [0.15, 0.2) is 17.1 Å². The molecule has 10 heteroatoms. The third-order valence-electron chi connectivity index (χ3n) is 6.92. The van der Waals surface area contributed by atoms with Gasteiger partial charge < -0.3 is 14.9 Å². The minimum atomic E-state index is 0.269. The minimum absolute atomic E-state index is 0.269. The minimum Gasteiger partial charge on any atom is -0.493 e. The van der Waals surface area contributed by atoms with Gasteiger partial charge in [-0.25, -0.2) is 9.67 Å². The molecule has 2 aliphatic rings. The van der Waals surface area contributed by atoms with E-state index in [0.29, 0.717) is 29.4 Å². The highest BCUT2D eigenvalue weighted by Crippen LogP contribution is 2.31. The zero-order chi connectivity index (χ0) is 23.4. The van der Waals surface area contributed by atoms with Crippen LogP contribution in [0.4, 0.5) is 5.95 Å². The maximum Gasteiger partial charge on any atom is 0.225 e. The van der Waals surface area contributed by atoms with Crippen molar-refractivity contribution in [2.75, 3.05) is 25.4 Å². The molecule has 0 unspecified atom stereocenters. The predicted octanol–water partition coefficient (Wildman–Crippen LogP) is 3.16. The Balaban J connectivity index is 1.09. The maximum absolute atomic E-state index is 6.23. The van der Waals surface area contributed by atoms with E-state index in [0.717, 1.165) is 49.7 Å². The number of hydrogen-bond acceptors (Lipinski definition) is 8. The molecule has 0 amide bonds. The van der Waals surface area contributed by atoms with E-state index in [2.05, 4.69) is 43.3 Å². The number of ether oxygens (including phenoxy) is 1. The Morgan fingerprint density at radius 2 is 2.03 bits per heavy atom. The van der Waals surface area contributed by atoms with E-state index in [4.69, 9.17) is 14.9 Å². The molecule has 1 aromatic carbocycles. The Bertz CT molecular complexity index is 1520. The second-order valence-electron chi connectivity index (χ2n) is 9.43. The zero-order valence-corrected chi connectivity index (χ0v) is 19.3. The molecular formula is C25H26N8O2. The highest BCUT2D eigenvalue weighted by atomic mass is 16.5. The number of nitrogens with two attached hydrogens (primary N) is 1. The number of fused-ring (bicyclic) bond motifs is 4. The number of aromatic nitrogens is 6.